The Labute approximate surface area is 151 Å². The zero-order chi connectivity index (χ0) is 18.1. The summed E-state index contributed by atoms with van der Waals surface area (Å²) in [7, 11) is 0. The number of aromatic nitrogens is 1. The van der Waals surface area contributed by atoms with Crippen LogP contribution in [0.1, 0.15) is 32.9 Å². The van der Waals surface area contributed by atoms with Crippen molar-refractivity contribution in [2.75, 3.05) is 6.61 Å². The minimum Gasteiger partial charge on any atom is -0.492 e. The molecule has 1 atom stereocenters. The number of aryl methyl sites for hydroxylation is 1. The van der Waals surface area contributed by atoms with Crippen molar-refractivity contribution >= 4 is 33.3 Å². The third-order valence-electron chi connectivity index (χ3n) is 4.18. The molecule has 0 N–H and O–H groups in total. The molecular formula is C20H22ClNO3. The number of benzene rings is 1. The molecule has 2 heterocycles. The highest BCUT2D eigenvalue weighted by Gasteiger charge is 2.14. The molecule has 0 aliphatic carbocycles. The van der Waals surface area contributed by atoms with Crippen molar-refractivity contribution in [1.29, 1.82) is 0 Å². The number of nitrogens with zero attached hydrogens (tertiary/aromatic N) is 1. The monoisotopic (exact) mass is 359 g/mol. The average molecular weight is 360 g/mol. The molecular weight excluding hydrogens is 338 g/mol. The first-order valence-electron chi connectivity index (χ1n) is 8.50. The molecule has 4 nitrogen and oxygen atoms in total. The zero-order valence-electron chi connectivity index (χ0n) is 14.9. The van der Waals surface area contributed by atoms with E-state index in [1.807, 2.05) is 13.0 Å². The van der Waals surface area contributed by atoms with Crippen molar-refractivity contribution in [3.63, 3.8) is 0 Å². The van der Waals surface area contributed by atoms with Crippen molar-refractivity contribution in [2.24, 2.45) is 11.8 Å². The van der Waals surface area contributed by atoms with Crippen LogP contribution in [0.3, 0.4) is 0 Å². The highest BCUT2D eigenvalue weighted by molar-refractivity contribution is 6.33. The van der Waals surface area contributed by atoms with Gasteiger partial charge >= 0.3 is 5.63 Å². The van der Waals surface area contributed by atoms with E-state index in [-0.39, 0.29) is 0 Å². The van der Waals surface area contributed by atoms with Gasteiger partial charge < -0.3 is 9.15 Å². The van der Waals surface area contributed by atoms with Crippen LogP contribution < -0.4 is 10.4 Å². The van der Waals surface area contributed by atoms with Gasteiger partial charge in [-0.25, -0.2) is 4.79 Å². The summed E-state index contributed by atoms with van der Waals surface area (Å²) in [5.41, 5.74) is 0.897. The van der Waals surface area contributed by atoms with Crippen LogP contribution >= 0.6 is 11.6 Å². The zero-order valence-corrected chi connectivity index (χ0v) is 15.7. The molecule has 0 radical (unpaired) electrons. The van der Waals surface area contributed by atoms with E-state index in [0.29, 0.717) is 40.2 Å². The molecule has 2 aromatic heterocycles. The van der Waals surface area contributed by atoms with Crippen molar-refractivity contribution in [3.8, 4) is 5.75 Å². The summed E-state index contributed by atoms with van der Waals surface area (Å²) < 4.78 is 11.3. The normalized spacial score (nSPS) is 12.9. The number of pyridine rings is 1. The van der Waals surface area contributed by atoms with Crippen LogP contribution in [-0.4, -0.2) is 11.6 Å². The maximum Gasteiger partial charge on any atom is 0.345 e. The van der Waals surface area contributed by atoms with E-state index in [0.717, 1.165) is 22.9 Å². The Hall–Kier alpha value is -2.07. The molecule has 0 spiro atoms. The van der Waals surface area contributed by atoms with Crippen molar-refractivity contribution in [3.05, 3.63) is 45.5 Å². The highest BCUT2D eigenvalue weighted by Crippen LogP contribution is 2.33. The van der Waals surface area contributed by atoms with Crippen molar-refractivity contribution < 1.29 is 9.15 Å². The maximum absolute atomic E-state index is 12.2. The highest BCUT2D eigenvalue weighted by atomic mass is 35.5. The predicted molar refractivity (Wildman–Crippen MR) is 102 cm³/mol. The number of hydrogen-bond donors (Lipinski definition) is 0. The van der Waals surface area contributed by atoms with Crippen LogP contribution in [0.2, 0.25) is 5.02 Å². The summed E-state index contributed by atoms with van der Waals surface area (Å²) in [4.78, 5) is 16.4. The van der Waals surface area contributed by atoms with Crippen LogP contribution in [0, 0.1) is 18.8 Å². The Bertz CT molecular complexity index is 978. The molecule has 3 aromatic rings. The lowest BCUT2D eigenvalue weighted by Gasteiger charge is -2.16. The van der Waals surface area contributed by atoms with Gasteiger partial charge in [-0.05, 0) is 37.3 Å². The summed E-state index contributed by atoms with van der Waals surface area (Å²) in [6.07, 6.45) is 2.62. The lowest BCUT2D eigenvalue weighted by Crippen LogP contribution is -2.11. The summed E-state index contributed by atoms with van der Waals surface area (Å²) in [6.45, 7) is 8.99. The molecule has 0 saturated heterocycles. The lowest BCUT2D eigenvalue weighted by atomic mass is 10.00. The van der Waals surface area contributed by atoms with Gasteiger partial charge in [0.15, 0.2) is 0 Å². The van der Waals surface area contributed by atoms with Crippen molar-refractivity contribution in [1.82, 2.24) is 4.98 Å². The molecule has 5 heteroatoms. The largest absolute Gasteiger partial charge is 0.492 e. The minimum atomic E-state index is -0.406. The fourth-order valence-corrected chi connectivity index (χ4v) is 3.36. The first kappa shape index (κ1) is 17.7. The van der Waals surface area contributed by atoms with Gasteiger partial charge in [0.05, 0.1) is 17.0 Å². The molecule has 25 heavy (non-hydrogen) atoms. The second kappa shape index (κ2) is 7.04. The number of halogens is 1. The summed E-state index contributed by atoms with van der Waals surface area (Å²) >= 11 is 6.41. The number of fused-ring (bicyclic) bond motifs is 3. The van der Waals surface area contributed by atoms with E-state index < -0.39 is 5.63 Å². The average Bonchev–Trinajstić information content (AvgIpc) is 2.53. The molecule has 0 fully saturated rings. The summed E-state index contributed by atoms with van der Waals surface area (Å²) in [5, 5.41) is 2.54. The smallest absolute Gasteiger partial charge is 0.345 e. The fraction of sp³-hybridized carbons (Fsp3) is 0.400. The van der Waals surface area contributed by atoms with Gasteiger partial charge in [0.25, 0.3) is 0 Å². The number of rotatable bonds is 5. The first-order valence-corrected chi connectivity index (χ1v) is 8.88. The Balaban J connectivity index is 2.02. The first-order chi connectivity index (χ1) is 11.8. The molecule has 132 valence electrons. The molecule has 0 aliphatic rings. The van der Waals surface area contributed by atoms with Crippen LogP contribution in [-0.2, 0) is 0 Å². The Morgan fingerprint density at radius 3 is 2.64 bits per heavy atom. The van der Waals surface area contributed by atoms with E-state index in [9.17, 15) is 4.79 Å². The number of ether oxygens (including phenoxy) is 1. The second-order valence-electron chi connectivity index (χ2n) is 7.09. The molecule has 0 amide bonds. The summed E-state index contributed by atoms with van der Waals surface area (Å²) in [5.74, 6) is 1.58. The van der Waals surface area contributed by atoms with Gasteiger partial charge in [0.1, 0.15) is 11.3 Å². The topological polar surface area (TPSA) is 52.3 Å². The molecule has 0 saturated carbocycles. The minimum absolute atomic E-state index is 0.406. The second-order valence-corrected chi connectivity index (χ2v) is 7.49. The van der Waals surface area contributed by atoms with E-state index >= 15 is 0 Å². The Morgan fingerprint density at radius 1 is 1.16 bits per heavy atom. The van der Waals surface area contributed by atoms with Gasteiger partial charge in [0, 0.05) is 28.7 Å². The lowest BCUT2D eigenvalue weighted by molar-refractivity contribution is 0.239. The van der Waals surface area contributed by atoms with E-state index in [2.05, 4.69) is 25.8 Å². The van der Waals surface area contributed by atoms with Gasteiger partial charge in [-0.15, -0.1) is 0 Å². The van der Waals surface area contributed by atoms with E-state index in [1.165, 1.54) is 0 Å². The molecule has 1 aromatic carbocycles. The third kappa shape index (κ3) is 3.79. The Kier molecular flexibility index (Phi) is 5.00. The van der Waals surface area contributed by atoms with Gasteiger partial charge in [-0.1, -0.05) is 32.4 Å². The van der Waals surface area contributed by atoms with E-state index in [1.54, 1.807) is 18.3 Å². The van der Waals surface area contributed by atoms with Crippen LogP contribution in [0.4, 0.5) is 0 Å². The van der Waals surface area contributed by atoms with E-state index in [4.69, 9.17) is 20.8 Å². The molecule has 0 bridgehead atoms. The quantitative estimate of drug-likeness (QED) is 0.454. The maximum atomic E-state index is 12.2. The van der Waals surface area contributed by atoms with Crippen LogP contribution in [0.25, 0.3) is 21.7 Å². The van der Waals surface area contributed by atoms with Gasteiger partial charge in [-0.3, -0.25) is 4.98 Å². The molecule has 0 aliphatic heterocycles. The predicted octanol–water partition coefficient (Wildman–Crippen LogP) is 5.36. The van der Waals surface area contributed by atoms with Crippen LogP contribution in [0.15, 0.2) is 33.6 Å². The SMILES string of the molecule is Cc1cc2c(cn1)c(=O)oc1cc(OC[C@H](C)CC(C)C)c(Cl)cc12. The fourth-order valence-electron chi connectivity index (χ4n) is 3.15. The summed E-state index contributed by atoms with van der Waals surface area (Å²) in [6, 6.07) is 5.37. The third-order valence-corrected chi connectivity index (χ3v) is 4.48. The molecule has 3 rings (SSSR count). The van der Waals surface area contributed by atoms with Crippen molar-refractivity contribution in [2.45, 2.75) is 34.1 Å². The van der Waals surface area contributed by atoms with Gasteiger partial charge in [-0.2, -0.15) is 0 Å². The Morgan fingerprint density at radius 2 is 1.92 bits per heavy atom. The number of hydrogen-bond acceptors (Lipinski definition) is 4. The van der Waals surface area contributed by atoms with Crippen LogP contribution in [0.5, 0.6) is 5.75 Å². The molecule has 0 unspecified atom stereocenters. The standard InChI is InChI=1S/C20H22ClNO3/c1-11(2)5-12(3)10-24-19-8-18-15(7-17(19)21)14-6-13(4)22-9-16(14)20(23)25-18/h6-9,11-12H,5,10H2,1-4H3/t12-/m1/s1. The van der Waals surface area contributed by atoms with Gasteiger partial charge in [0.2, 0.25) is 0 Å².